The molecular formula is C17H25N3O3S. The third kappa shape index (κ3) is 5.56. The predicted octanol–water partition coefficient (Wildman–Crippen LogP) is 3.82. The molecule has 0 saturated heterocycles. The number of hydrogen-bond donors (Lipinski definition) is 1. The number of nitrogens with zero attached hydrogens (tertiary/aromatic N) is 2. The van der Waals surface area contributed by atoms with E-state index in [0.717, 1.165) is 38.8 Å². The monoisotopic (exact) mass is 351 g/mol. The average Bonchev–Trinajstić information content (AvgIpc) is 2.54. The van der Waals surface area contributed by atoms with Gasteiger partial charge in [0.15, 0.2) is 5.11 Å². The number of unbranched alkanes of at least 4 members (excludes halogenated alkanes) is 2. The van der Waals surface area contributed by atoms with Gasteiger partial charge in [-0.2, -0.15) is 0 Å². The number of carbonyl (C=O) groups excluding carboxylic acids is 1. The van der Waals surface area contributed by atoms with Crippen LogP contribution in [0.5, 0.6) is 0 Å². The van der Waals surface area contributed by atoms with Crippen LogP contribution >= 0.6 is 12.2 Å². The summed E-state index contributed by atoms with van der Waals surface area (Å²) in [5.74, 6) is -0.404. The van der Waals surface area contributed by atoms with Gasteiger partial charge in [-0.15, -0.1) is 0 Å². The molecule has 0 atom stereocenters. The van der Waals surface area contributed by atoms with Crippen molar-refractivity contribution in [3.05, 3.63) is 39.4 Å². The molecule has 0 aromatic heterocycles. The third-order valence-corrected chi connectivity index (χ3v) is 4.18. The van der Waals surface area contributed by atoms with Crippen LogP contribution in [0.1, 0.15) is 55.5 Å². The van der Waals surface area contributed by atoms with Crippen molar-refractivity contribution in [3.63, 3.8) is 0 Å². The first-order valence-electron chi connectivity index (χ1n) is 8.26. The number of nitro groups is 1. The second kappa shape index (κ2) is 9.97. The van der Waals surface area contributed by atoms with Crippen LogP contribution in [0.25, 0.3) is 0 Å². The predicted molar refractivity (Wildman–Crippen MR) is 99.3 cm³/mol. The highest BCUT2D eigenvalue weighted by Crippen LogP contribution is 2.21. The standard InChI is InChI=1S/C17H25N3O3S/c1-4-6-11-19(12-7-5-2)17(24)18-16(21)14-9-8-10-15(13(14)3)20(22)23/h8-10H,4-7,11-12H2,1-3H3,(H,18,21,24). The van der Waals surface area contributed by atoms with Gasteiger partial charge in [0.05, 0.1) is 4.92 Å². The Morgan fingerprint density at radius 1 is 1.25 bits per heavy atom. The Kier molecular flexibility index (Phi) is 8.32. The fourth-order valence-electron chi connectivity index (χ4n) is 2.32. The minimum absolute atomic E-state index is 0.0672. The van der Waals surface area contributed by atoms with Gasteiger partial charge in [-0.1, -0.05) is 32.8 Å². The first kappa shape index (κ1) is 20.0. The average molecular weight is 351 g/mol. The van der Waals surface area contributed by atoms with Gasteiger partial charge >= 0.3 is 0 Å². The highest BCUT2D eigenvalue weighted by Gasteiger charge is 2.20. The van der Waals surface area contributed by atoms with Crippen LogP contribution in [0.15, 0.2) is 18.2 Å². The number of nitrogens with one attached hydrogen (secondary N) is 1. The number of benzene rings is 1. The molecule has 1 rings (SSSR count). The lowest BCUT2D eigenvalue weighted by atomic mass is 10.1. The van der Waals surface area contributed by atoms with Gasteiger partial charge in [0, 0.05) is 30.3 Å². The van der Waals surface area contributed by atoms with Crippen molar-refractivity contribution in [2.24, 2.45) is 0 Å². The number of rotatable bonds is 8. The molecule has 0 aliphatic rings. The summed E-state index contributed by atoms with van der Waals surface area (Å²) in [6.45, 7) is 7.37. The topological polar surface area (TPSA) is 75.5 Å². The molecule has 24 heavy (non-hydrogen) atoms. The maximum absolute atomic E-state index is 12.5. The van der Waals surface area contributed by atoms with E-state index in [4.69, 9.17) is 12.2 Å². The summed E-state index contributed by atoms with van der Waals surface area (Å²) in [6, 6.07) is 4.47. The number of hydrogen-bond acceptors (Lipinski definition) is 4. The van der Waals surface area contributed by atoms with E-state index in [-0.39, 0.29) is 11.3 Å². The molecule has 0 aliphatic heterocycles. The number of nitro benzene ring substituents is 1. The van der Waals surface area contributed by atoms with Gasteiger partial charge in [-0.3, -0.25) is 20.2 Å². The van der Waals surface area contributed by atoms with Gasteiger partial charge in [0.25, 0.3) is 11.6 Å². The van der Waals surface area contributed by atoms with Crippen molar-refractivity contribution in [2.75, 3.05) is 13.1 Å². The molecule has 1 amide bonds. The second-order valence-electron chi connectivity index (χ2n) is 5.66. The molecular weight excluding hydrogens is 326 g/mol. The lowest BCUT2D eigenvalue weighted by Gasteiger charge is -2.25. The molecule has 7 heteroatoms. The first-order valence-corrected chi connectivity index (χ1v) is 8.67. The van der Waals surface area contributed by atoms with E-state index < -0.39 is 10.8 Å². The Hall–Kier alpha value is -2.02. The summed E-state index contributed by atoms with van der Waals surface area (Å²) < 4.78 is 0. The summed E-state index contributed by atoms with van der Waals surface area (Å²) in [5.41, 5.74) is 0.552. The molecule has 1 aromatic carbocycles. The Labute approximate surface area is 148 Å². The van der Waals surface area contributed by atoms with Crippen molar-refractivity contribution in [3.8, 4) is 0 Å². The zero-order valence-corrected chi connectivity index (χ0v) is 15.3. The molecule has 0 radical (unpaired) electrons. The lowest BCUT2D eigenvalue weighted by Crippen LogP contribution is -2.43. The second-order valence-corrected chi connectivity index (χ2v) is 6.05. The van der Waals surface area contributed by atoms with Crippen molar-refractivity contribution >= 4 is 28.9 Å². The van der Waals surface area contributed by atoms with E-state index in [9.17, 15) is 14.9 Å². The molecule has 0 saturated carbocycles. The molecule has 1 N–H and O–H groups in total. The summed E-state index contributed by atoms with van der Waals surface area (Å²) in [5, 5.41) is 14.1. The number of thiocarbonyl (C=S) groups is 1. The largest absolute Gasteiger partial charge is 0.349 e. The van der Waals surface area contributed by atoms with Crippen LogP contribution in [0.4, 0.5) is 5.69 Å². The fraction of sp³-hybridized carbons (Fsp3) is 0.529. The Balaban J connectivity index is 2.86. The normalized spacial score (nSPS) is 10.3. The maximum Gasteiger partial charge on any atom is 0.273 e. The van der Waals surface area contributed by atoms with E-state index in [1.165, 1.54) is 12.1 Å². The van der Waals surface area contributed by atoms with Crippen molar-refractivity contribution < 1.29 is 9.72 Å². The van der Waals surface area contributed by atoms with Crippen LogP contribution in [-0.2, 0) is 0 Å². The van der Waals surface area contributed by atoms with Crippen LogP contribution < -0.4 is 5.32 Å². The zero-order chi connectivity index (χ0) is 18.1. The molecule has 0 fully saturated rings. The minimum Gasteiger partial charge on any atom is -0.349 e. The van der Waals surface area contributed by atoms with E-state index in [1.54, 1.807) is 13.0 Å². The van der Waals surface area contributed by atoms with Gasteiger partial charge in [-0.25, -0.2) is 0 Å². The molecule has 6 nitrogen and oxygen atoms in total. The molecule has 0 unspecified atom stereocenters. The van der Waals surface area contributed by atoms with Crippen molar-refractivity contribution in [1.82, 2.24) is 10.2 Å². The molecule has 0 bridgehead atoms. The number of carbonyl (C=O) groups is 1. The van der Waals surface area contributed by atoms with E-state index >= 15 is 0 Å². The quantitative estimate of drug-likeness (QED) is 0.438. The van der Waals surface area contributed by atoms with E-state index in [2.05, 4.69) is 19.2 Å². The smallest absolute Gasteiger partial charge is 0.273 e. The van der Waals surface area contributed by atoms with Gasteiger partial charge < -0.3 is 4.90 Å². The first-order chi connectivity index (χ1) is 11.4. The molecule has 0 spiro atoms. The van der Waals surface area contributed by atoms with E-state index in [0.29, 0.717) is 10.7 Å². The zero-order valence-electron chi connectivity index (χ0n) is 14.5. The van der Waals surface area contributed by atoms with Crippen molar-refractivity contribution in [2.45, 2.75) is 46.5 Å². The summed E-state index contributed by atoms with van der Waals surface area (Å²) in [6.07, 6.45) is 4.08. The molecule has 1 aromatic rings. The Bertz CT molecular complexity index is 597. The highest BCUT2D eigenvalue weighted by molar-refractivity contribution is 7.80. The molecule has 0 aliphatic carbocycles. The van der Waals surface area contributed by atoms with Gasteiger partial charge in [0.1, 0.15) is 0 Å². The fourth-order valence-corrected chi connectivity index (χ4v) is 2.60. The molecule has 132 valence electrons. The Morgan fingerprint density at radius 2 is 1.83 bits per heavy atom. The minimum atomic E-state index is -0.487. The number of amides is 1. The Morgan fingerprint density at radius 3 is 2.33 bits per heavy atom. The van der Waals surface area contributed by atoms with Crippen LogP contribution in [-0.4, -0.2) is 33.9 Å². The summed E-state index contributed by atoms with van der Waals surface area (Å²) in [7, 11) is 0. The van der Waals surface area contributed by atoms with Gasteiger partial charge in [-0.05, 0) is 38.0 Å². The third-order valence-electron chi connectivity index (χ3n) is 3.82. The van der Waals surface area contributed by atoms with Crippen LogP contribution in [0.2, 0.25) is 0 Å². The van der Waals surface area contributed by atoms with Crippen LogP contribution in [0.3, 0.4) is 0 Å². The SMILES string of the molecule is CCCCN(CCCC)C(=S)NC(=O)c1cccc([N+](=O)[O-])c1C. The maximum atomic E-state index is 12.5. The van der Waals surface area contributed by atoms with Gasteiger partial charge in [0.2, 0.25) is 0 Å². The summed E-state index contributed by atoms with van der Waals surface area (Å²) >= 11 is 5.37. The van der Waals surface area contributed by atoms with Crippen LogP contribution in [0, 0.1) is 17.0 Å². The van der Waals surface area contributed by atoms with Crippen molar-refractivity contribution in [1.29, 1.82) is 0 Å². The molecule has 0 heterocycles. The summed E-state index contributed by atoms with van der Waals surface area (Å²) in [4.78, 5) is 25.0. The lowest BCUT2D eigenvalue weighted by molar-refractivity contribution is -0.385. The van der Waals surface area contributed by atoms with E-state index in [1.807, 2.05) is 4.90 Å². The highest BCUT2D eigenvalue weighted by atomic mass is 32.1.